The van der Waals surface area contributed by atoms with Gasteiger partial charge >= 0.3 is 5.97 Å². The standard InChI is InChI=1S/C24H31N5O5S/c1-5-28(11-12-33-4)16-21(30)27-18-10-8-9-17(13-18)26-15-20-22(31)29(6-2)23(35-20)19(14-25)24(32)34-7-3/h8-10,13,15,26H,5-7,11-12,16H2,1-4H3,(H,27,30)/b20-15+,23-19-. The van der Waals surface area contributed by atoms with Crippen LogP contribution in [0.2, 0.25) is 0 Å². The number of ether oxygens (including phenoxy) is 2. The molecule has 0 bridgehead atoms. The average Bonchev–Trinajstić information content (AvgIpc) is 3.16. The van der Waals surface area contributed by atoms with E-state index in [1.807, 2.05) is 17.9 Å². The van der Waals surface area contributed by atoms with Gasteiger partial charge in [0, 0.05) is 37.8 Å². The van der Waals surface area contributed by atoms with E-state index < -0.39 is 5.97 Å². The number of methoxy groups -OCH3 is 1. The first-order chi connectivity index (χ1) is 16.9. The van der Waals surface area contributed by atoms with Gasteiger partial charge in [0.05, 0.1) is 19.8 Å². The Morgan fingerprint density at radius 2 is 2.00 bits per heavy atom. The predicted molar refractivity (Wildman–Crippen MR) is 136 cm³/mol. The van der Waals surface area contributed by atoms with Crippen LogP contribution in [0.25, 0.3) is 11.8 Å². The number of carbonyl (C=O) groups is 2. The number of nitrogens with one attached hydrogen (secondary N) is 2. The number of likely N-dealkylation sites (N-methyl/N-ethyl adjacent to an activating group) is 1. The molecule has 0 saturated carbocycles. The molecule has 2 N–H and O–H groups in total. The molecule has 0 aliphatic rings. The molecule has 2 aromatic rings. The lowest BCUT2D eigenvalue weighted by Gasteiger charge is -2.19. The van der Waals surface area contributed by atoms with Crippen LogP contribution >= 0.6 is 11.3 Å². The lowest BCUT2D eigenvalue weighted by molar-refractivity contribution is -0.136. The van der Waals surface area contributed by atoms with Gasteiger partial charge in [0.25, 0.3) is 5.56 Å². The van der Waals surface area contributed by atoms with E-state index in [1.165, 1.54) is 10.8 Å². The highest BCUT2D eigenvalue weighted by atomic mass is 32.1. The van der Waals surface area contributed by atoms with Crippen molar-refractivity contribution in [3.8, 4) is 6.07 Å². The Labute approximate surface area is 208 Å². The van der Waals surface area contributed by atoms with Crippen molar-refractivity contribution < 1.29 is 19.1 Å². The molecule has 0 atom stereocenters. The number of thiazole rings is 1. The second-order valence-corrected chi connectivity index (χ2v) is 8.34. The zero-order chi connectivity index (χ0) is 25.8. The van der Waals surface area contributed by atoms with Crippen LogP contribution in [-0.4, -0.2) is 61.3 Å². The summed E-state index contributed by atoms with van der Waals surface area (Å²) < 4.78 is 12.0. The fraction of sp³-hybridized carbons (Fsp3) is 0.417. The molecule has 1 heterocycles. The second-order valence-electron chi connectivity index (χ2n) is 7.31. The van der Waals surface area contributed by atoms with Crippen molar-refractivity contribution in [1.29, 1.82) is 5.26 Å². The van der Waals surface area contributed by atoms with Crippen molar-refractivity contribution in [2.45, 2.75) is 27.3 Å². The van der Waals surface area contributed by atoms with Gasteiger partial charge in [0.15, 0.2) is 5.57 Å². The van der Waals surface area contributed by atoms with Gasteiger partial charge in [-0.3, -0.25) is 19.1 Å². The van der Waals surface area contributed by atoms with Gasteiger partial charge in [0.1, 0.15) is 15.3 Å². The molecule has 35 heavy (non-hydrogen) atoms. The van der Waals surface area contributed by atoms with E-state index in [9.17, 15) is 19.6 Å². The van der Waals surface area contributed by atoms with Gasteiger partial charge in [-0.05, 0) is 38.6 Å². The van der Waals surface area contributed by atoms with Crippen LogP contribution in [-0.2, 0) is 25.6 Å². The van der Waals surface area contributed by atoms with Crippen LogP contribution in [0.1, 0.15) is 20.8 Å². The summed E-state index contributed by atoms with van der Waals surface area (Å²) in [4.78, 5) is 39.4. The normalized spacial score (nSPS) is 12.3. The molecule has 0 aliphatic carbocycles. The predicted octanol–water partition coefficient (Wildman–Crippen LogP) is 0.924. The van der Waals surface area contributed by atoms with E-state index in [1.54, 1.807) is 45.2 Å². The first-order valence-electron chi connectivity index (χ1n) is 11.3. The van der Waals surface area contributed by atoms with Crippen molar-refractivity contribution in [3.63, 3.8) is 0 Å². The summed E-state index contributed by atoms with van der Waals surface area (Å²) >= 11 is 1.03. The van der Waals surface area contributed by atoms with Crippen molar-refractivity contribution in [3.05, 3.63) is 43.8 Å². The molecule has 1 aromatic heterocycles. The zero-order valence-corrected chi connectivity index (χ0v) is 21.2. The van der Waals surface area contributed by atoms with Crippen LogP contribution in [0.5, 0.6) is 0 Å². The minimum absolute atomic E-state index is 0.128. The van der Waals surface area contributed by atoms with E-state index in [0.717, 1.165) is 17.9 Å². The van der Waals surface area contributed by atoms with E-state index in [-0.39, 0.29) is 34.9 Å². The van der Waals surface area contributed by atoms with Gasteiger partial charge in [-0.15, -0.1) is 11.3 Å². The number of nitriles is 1. The molecule has 0 saturated heterocycles. The first-order valence-corrected chi connectivity index (χ1v) is 12.1. The maximum atomic E-state index is 12.8. The number of aromatic nitrogens is 1. The fourth-order valence-electron chi connectivity index (χ4n) is 3.19. The molecule has 0 radical (unpaired) electrons. The number of nitrogens with zero attached hydrogens (tertiary/aromatic N) is 3. The summed E-state index contributed by atoms with van der Waals surface area (Å²) in [7, 11) is 1.62. The molecule has 1 amide bonds. The monoisotopic (exact) mass is 501 g/mol. The van der Waals surface area contributed by atoms with Gasteiger partial charge in [0.2, 0.25) is 5.91 Å². The zero-order valence-electron chi connectivity index (χ0n) is 20.4. The maximum absolute atomic E-state index is 12.8. The van der Waals surface area contributed by atoms with Crippen LogP contribution in [0, 0.1) is 11.3 Å². The third kappa shape index (κ3) is 7.78. The van der Waals surface area contributed by atoms with Gasteiger partial charge < -0.3 is 20.1 Å². The Kier molecular flexibility index (Phi) is 11.2. The number of hydrogen-bond acceptors (Lipinski definition) is 9. The quantitative estimate of drug-likeness (QED) is 0.412. The lowest BCUT2D eigenvalue weighted by Crippen LogP contribution is -2.35. The molecule has 0 aliphatic heterocycles. The highest BCUT2D eigenvalue weighted by molar-refractivity contribution is 7.07. The highest BCUT2D eigenvalue weighted by Crippen LogP contribution is 2.15. The third-order valence-corrected chi connectivity index (χ3v) is 6.10. The minimum Gasteiger partial charge on any atom is -0.462 e. The van der Waals surface area contributed by atoms with Crippen molar-refractivity contribution >= 4 is 46.4 Å². The largest absolute Gasteiger partial charge is 0.462 e. The van der Waals surface area contributed by atoms with E-state index >= 15 is 0 Å². The van der Waals surface area contributed by atoms with Gasteiger partial charge in [-0.25, -0.2) is 4.79 Å². The average molecular weight is 502 g/mol. The third-order valence-electron chi connectivity index (χ3n) is 4.97. The number of carbonyl (C=O) groups excluding carboxylic acids is 2. The topological polar surface area (TPSA) is 126 Å². The number of anilines is 2. The molecule has 11 heteroatoms. The van der Waals surface area contributed by atoms with Crippen LogP contribution < -0.4 is 25.4 Å². The number of hydrogen-bond donors (Lipinski definition) is 2. The van der Waals surface area contributed by atoms with E-state index in [0.29, 0.717) is 35.6 Å². The molecule has 10 nitrogen and oxygen atoms in total. The first kappa shape index (κ1) is 27.8. The second kappa shape index (κ2) is 14.1. The summed E-state index contributed by atoms with van der Waals surface area (Å²) in [6.45, 7) is 8.00. The molecular weight excluding hydrogens is 470 g/mol. The van der Waals surface area contributed by atoms with Crippen LogP contribution in [0.3, 0.4) is 0 Å². The Morgan fingerprint density at radius 1 is 1.26 bits per heavy atom. The molecule has 0 unspecified atom stereocenters. The fourth-order valence-corrected chi connectivity index (χ4v) is 4.26. The number of rotatable bonds is 12. The highest BCUT2D eigenvalue weighted by Gasteiger charge is 2.16. The molecule has 188 valence electrons. The minimum atomic E-state index is -0.759. The lowest BCUT2D eigenvalue weighted by atomic mass is 10.2. The maximum Gasteiger partial charge on any atom is 0.351 e. The Morgan fingerprint density at radius 3 is 2.63 bits per heavy atom. The SMILES string of the molecule is CCOC(=O)/C(C#N)=c1\s/c(=C/Nc2cccc(NC(=O)CN(CC)CCOC)c2)c(=O)n1CC. The Balaban J connectivity index is 2.25. The van der Waals surface area contributed by atoms with E-state index in [4.69, 9.17) is 9.47 Å². The smallest absolute Gasteiger partial charge is 0.351 e. The number of amides is 1. The number of benzene rings is 1. The molecule has 1 aromatic carbocycles. The van der Waals surface area contributed by atoms with Crippen molar-refractivity contribution in [2.75, 3.05) is 50.6 Å². The van der Waals surface area contributed by atoms with E-state index in [2.05, 4.69) is 10.6 Å². The molecule has 0 spiro atoms. The summed E-state index contributed by atoms with van der Waals surface area (Å²) in [5, 5.41) is 15.4. The van der Waals surface area contributed by atoms with Crippen LogP contribution in [0.15, 0.2) is 29.1 Å². The van der Waals surface area contributed by atoms with Crippen molar-refractivity contribution in [1.82, 2.24) is 9.47 Å². The molecular formula is C24H31N5O5S. The summed E-state index contributed by atoms with van der Waals surface area (Å²) in [5.41, 5.74) is 0.738. The Hall–Kier alpha value is -3.46. The summed E-state index contributed by atoms with van der Waals surface area (Å²) in [6.07, 6.45) is 1.52. The van der Waals surface area contributed by atoms with Gasteiger partial charge in [-0.2, -0.15) is 5.26 Å². The summed E-state index contributed by atoms with van der Waals surface area (Å²) in [5.74, 6) is -0.901. The molecule has 0 fully saturated rings. The molecule has 2 rings (SSSR count). The number of esters is 1. The Bertz CT molecular complexity index is 1240. The van der Waals surface area contributed by atoms with Gasteiger partial charge in [-0.1, -0.05) is 13.0 Å². The summed E-state index contributed by atoms with van der Waals surface area (Å²) in [6, 6.07) is 8.95. The van der Waals surface area contributed by atoms with Crippen molar-refractivity contribution in [2.24, 2.45) is 0 Å². The van der Waals surface area contributed by atoms with Crippen LogP contribution in [0.4, 0.5) is 11.4 Å².